The number of hydrogen-bond acceptors (Lipinski definition) is 1. The smallest absolute Gasteiger partial charge is 0.256 e. The minimum absolute atomic E-state index is 0.225. The van der Waals surface area contributed by atoms with Gasteiger partial charge in [0, 0.05) is 16.6 Å². The van der Waals surface area contributed by atoms with Gasteiger partial charge < -0.3 is 5.32 Å². The zero-order chi connectivity index (χ0) is 15.5. The molecular formula is C19H16FNO. The van der Waals surface area contributed by atoms with Crippen LogP contribution in [0.4, 0.5) is 10.1 Å². The van der Waals surface area contributed by atoms with Gasteiger partial charge in [0.05, 0.1) is 0 Å². The first-order chi connectivity index (χ1) is 10.7. The third-order valence-corrected chi connectivity index (χ3v) is 3.76. The van der Waals surface area contributed by atoms with Crippen LogP contribution in [0.1, 0.15) is 22.8 Å². The Morgan fingerprint density at radius 2 is 1.64 bits per heavy atom. The van der Waals surface area contributed by atoms with Crippen molar-refractivity contribution < 1.29 is 9.18 Å². The van der Waals surface area contributed by atoms with Gasteiger partial charge in [-0.25, -0.2) is 4.39 Å². The van der Waals surface area contributed by atoms with E-state index in [1.54, 1.807) is 24.3 Å². The summed E-state index contributed by atoms with van der Waals surface area (Å²) in [6, 6.07) is 17.6. The molecule has 110 valence electrons. The van der Waals surface area contributed by atoms with Crippen LogP contribution in [-0.2, 0) is 6.42 Å². The first-order valence-electron chi connectivity index (χ1n) is 7.27. The van der Waals surface area contributed by atoms with Crippen LogP contribution < -0.4 is 5.32 Å². The molecule has 22 heavy (non-hydrogen) atoms. The molecule has 0 spiro atoms. The molecule has 0 aliphatic heterocycles. The predicted molar refractivity (Wildman–Crippen MR) is 87.7 cm³/mol. The van der Waals surface area contributed by atoms with Gasteiger partial charge in [0.15, 0.2) is 0 Å². The lowest BCUT2D eigenvalue weighted by Crippen LogP contribution is -2.13. The van der Waals surface area contributed by atoms with Crippen molar-refractivity contribution in [3.63, 3.8) is 0 Å². The number of anilines is 1. The maximum absolute atomic E-state index is 13.8. The van der Waals surface area contributed by atoms with E-state index in [4.69, 9.17) is 0 Å². The first-order valence-corrected chi connectivity index (χ1v) is 7.27. The Balaban J connectivity index is 2.01. The van der Waals surface area contributed by atoms with Gasteiger partial charge in [-0.15, -0.1) is 0 Å². The lowest BCUT2D eigenvalue weighted by Gasteiger charge is -2.11. The van der Waals surface area contributed by atoms with Crippen LogP contribution in [0.2, 0.25) is 0 Å². The fourth-order valence-corrected chi connectivity index (χ4v) is 2.60. The average molecular weight is 293 g/mol. The zero-order valence-electron chi connectivity index (χ0n) is 12.3. The summed E-state index contributed by atoms with van der Waals surface area (Å²) in [6.07, 6.45) is 0.834. The molecule has 0 saturated carbocycles. The lowest BCUT2D eigenvalue weighted by molar-refractivity contribution is 0.102. The molecule has 0 unspecified atom stereocenters. The van der Waals surface area contributed by atoms with Crippen molar-refractivity contribution in [2.45, 2.75) is 13.3 Å². The minimum atomic E-state index is -0.318. The number of nitrogens with one attached hydrogen (secondary N) is 1. The van der Waals surface area contributed by atoms with Gasteiger partial charge >= 0.3 is 0 Å². The van der Waals surface area contributed by atoms with E-state index in [9.17, 15) is 9.18 Å². The summed E-state index contributed by atoms with van der Waals surface area (Å²) >= 11 is 0. The van der Waals surface area contributed by atoms with E-state index in [-0.39, 0.29) is 11.7 Å². The number of aryl methyl sites for hydroxylation is 1. The Kier molecular flexibility index (Phi) is 3.88. The second-order valence-corrected chi connectivity index (χ2v) is 5.11. The molecule has 3 rings (SSSR count). The van der Waals surface area contributed by atoms with Gasteiger partial charge in [0.25, 0.3) is 5.91 Å². The number of para-hydroxylation sites is 1. The van der Waals surface area contributed by atoms with E-state index >= 15 is 0 Å². The van der Waals surface area contributed by atoms with Crippen LogP contribution >= 0.6 is 0 Å². The molecule has 0 aromatic heterocycles. The van der Waals surface area contributed by atoms with Gasteiger partial charge in [-0.2, -0.15) is 0 Å². The second kappa shape index (κ2) is 5.98. The maximum Gasteiger partial charge on any atom is 0.256 e. The Labute approximate surface area is 128 Å². The number of benzene rings is 3. The van der Waals surface area contributed by atoms with E-state index in [2.05, 4.69) is 5.32 Å². The van der Waals surface area contributed by atoms with Crippen molar-refractivity contribution in [2.24, 2.45) is 0 Å². The third-order valence-electron chi connectivity index (χ3n) is 3.76. The van der Waals surface area contributed by atoms with E-state index in [0.29, 0.717) is 16.3 Å². The molecular weight excluding hydrogens is 277 g/mol. The summed E-state index contributed by atoms with van der Waals surface area (Å²) < 4.78 is 13.8. The molecule has 0 heterocycles. The van der Waals surface area contributed by atoms with Gasteiger partial charge in [-0.05, 0) is 35.6 Å². The molecule has 0 aliphatic rings. The summed E-state index contributed by atoms with van der Waals surface area (Å²) in [6.45, 7) is 2.04. The van der Waals surface area contributed by atoms with Crippen molar-refractivity contribution in [3.05, 3.63) is 77.6 Å². The van der Waals surface area contributed by atoms with Crippen molar-refractivity contribution in [1.29, 1.82) is 0 Å². The fraction of sp³-hybridized carbons (Fsp3) is 0.105. The molecule has 0 radical (unpaired) electrons. The number of rotatable bonds is 3. The zero-order valence-corrected chi connectivity index (χ0v) is 12.3. The molecule has 2 nitrogen and oxygen atoms in total. The van der Waals surface area contributed by atoms with Gasteiger partial charge in [-0.3, -0.25) is 4.79 Å². The molecule has 3 aromatic rings. The SMILES string of the molecule is CCc1ccccc1NC(=O)c1ccc(F)c2ccccc12. The van der Waals surface area contributed by atoms with Gasteiger partial charge in [-0.1, -0.05) is 49.4 Å². The van der Waals surface area contributed by atoms with Gasteiger partial charge in [0.2, 0.25) is 0 Å². The Morgan fingerprint density at radius 3 is 2.41 bits per heavy atom. The van der Waals surface area contributed by atoms with E-state index in [0.717, 1.165) is 17.7 Å². The monoisotopic (exact) mass is 293 g/mol. The second-order valence-electron chi connectivity index (χ2n) is 5.11. The maximum atomic E-state index is 13.8. The largest absolute Gasteiger partial charge is 0.322 e. The molecule has 0 atom stereocenters. The summed E-state index contributed by atoms with van der Waals surface area (Å²) in [5, 5.41) is 4.00. The average Bonchev–Trinajstić information content (AvgIpc) is 2.56. The first kappa shape index (κ1) is 14.3. The van der Waals surface area contributed by atoms with Crippen molar-refractivity contribution in [3.8, 4) is 0 Å². The van der Waals surface area contributed by atoms with E-state index in [1.807, 2.05) is 31.2 Å². The fourth-order valence-electron chi connectivity index (χ4n) is 2.60. The standard InChI is InChI=1S/C19H16FNO/c1-2-13-7-3-6-10-18(13)21-19(22)16-11-12-17(20)15-9-5-4-8-14(15)16/h3-12H,2H2,1H3,(H,21,22). The number of amides is 1. The summed E-state index contributed by atoms with van der Waals surface area (Å²) in [5.41, 5.74) is 2.34. The topological polar surface area (TPSA) is 29.1 Å². The number of hydrogen-bond donors (Lipinski definition) is 1. The number of carbonyl (C=O) groups is 1. The predicted octanol–water partition coefficient (Wildman–Crippen LogP) is 4.79. The molecule has 1 N–H and O–H groups in total. The highest BCUT2D eigenvalue weighted by Crippen LogP contribution is 2.23. The summed E-state index contributed by atoms with van der Waals surface area (Å²) in [5.74, 6) is -0.543. The van der Waals surface area contributed by atoms with E-state index in [1.165, 1.54) is 12.1 Å². The Bertz CT molecular complexity index is 842. The normalized spacial score (nSPS) is 10.6. The van der Waals surface area contributed by atoms with Crippen molar-refractivity contribution in [1.82, 2.24) is 0 Å². The molecule has 0 bridgehead atoms. The lowest BCUT2D eigenvalue weighted by atomic mass is 10.0. The molecule has 3 heteroatoms. The van der Waals surface area contributed by atoms with Crippen LogP contribution in [0.5, 0.6) is 0 Å². The van der Waals surface area contributed by atoms with E-state index < -0.39 is 0 Å². The Hall–Kier alpha value is -2.68. The highest BCUT2D eigenvalue weighted by Gasteiger charge is 2.13. The quantitative estimate of drug-likeness (QED) is 0.739. The van der Waals surface area contributed by atoms with Crippen molar-refractivity contribution in [2.75, 3.05) is 5.32 Å². The van der Waals surface area contributed by atoms with Crippen LogP contribution in [-0.4, -0.2) is 5.91 Å². The molecule has 0 fully saturated rings. The molecule has 3 aromatic carbocycles. The van der Waals surface area contributed by atoms with Crippen LogP contribution in [0.15, 0.2) is 60.7 Å². The highest BCUT2D eigenvalue weighted by molar-refractivity contribution is 6.13. The minimum Gasteiger partial charge on any atom is -0.322 e. The van der Waals surface area contributed by atoms with Crippen LogP contribution in [0.3, 0.4) is 0 Å². The van der Waals surface area contributed by atoms with Crippen molar-refractivity contribution >= 4 is 22.4 Å². The molecule has 1 amide bonds. The number of fused-ring (bicyclic) bond motifs is 1. The summed E-state index contributed by atoms with van der Waals surface area (Å²) in [7, 11) is 0. The highest BCUT2D eigenvalue weighted by atomic mass is 19.1. The number of halogens is 1. The number of carbonyl (C=O) groups excluding carboxylic acids is 1. The van der Waals surface area contributed by atoms with Crippen LogP contribution in [0.25, 0.3) is 10.8 Å². The summed E-state index contributed by atoms with van der Waals surface area (Å²) in [4.78, 5) is 12.6. The Morgan fingerprint density at radius 1 is 0.955 bits per heavy atom. The molecule has 0 saturated heterocycles. The van der Waals surface area contributed by atoms with Crippen LogP contribution in [0, 0.1) is 5.82 Å². The third kappa shape index (κ3) is 2.58. The molecule has 0 aliphatic carbocycles. The van der Waals surface area contributed by atoms with Gasteiger partial charge in [0.1, 0.15) is 5.82 Å².